The van der Waals surface area contributed by atoms with Gasteiger partial charge in [0.25, 0.3) is 0 Å². The highest BCUT2D eigenvalue weighted by Gasteiger charge is 2.45. The molecule has 0 aliphatic heterocycles. The summed E-state index contributed by atoms with van der Waals surface area (Å²) in [5, 5.41) is 1.04. The van der Waals surface area contributed by atoms with E-state index >= 15 is 0 Å². The maximum absolute atomic E-state index is 5.28. The van der Waals surface area contributed by atoms with Gasteiger partial charge in [0.2, 0.25) is 0 Å². The van der Waals surface area contributed by atoms with Crippen LogP contribution in [0.2, 0.25) is 0 Å². The molecular weight excluding hydrogens is 641 g/mol. The Kier molecular flexibility index (Phi) is 7.40. The van der Waals surface area contributed by atoms with Gasteiger partial charge in [0.15, 0.2) is 5.82 Å². The molecule has 1 aliphatic rings. The fourth-order valence-electron chi connectivity index (χ4n) is 8.39. The van der Waals surface area contributed by atoms with E-state index in [0.717, 1.165) is 50.0 Å². The smallest absolute Gasteiger partial charge is 0.160 e. The minimum atomic E-state index is -0.476. The summed E-state index contributed by atoms with van der Waals surface area (Å²) in [6.45, 7) is 0. The van der Waals surface area contributed by atoms with Gasteiger partial charge in [0, 0.05) is 16.5 Å². The zero-order valence-corrected chi connectivity index (χ0v) is 29.0. The SMILES string of the molecule is c1ccc(-c2cc(-c3cccc(C4(c5ccccc5)c5ccccc5-c5ccccc54)c3)cc(-c3nc(-c4ccccc4)c4ccccc4n3)c2)cc1. The normalized spacial score (nSPS) is 12.7. The number of rotatable bonds is 6. The molecule has 0 saturated heterocycles. The molecule has 2 nitrogen and oxygen atoms in total. The van der Waals surface area contributed by atoms with Gasteiger partial charge in [-0.05, 0) is 86.0 Å². The van der Waals surface area contributed by atoms with Crippen LogP contribution in [0.5, 0.6) is 0 Å². The number of fused-ring (bicyclic) bond motifs is 4. The van der Waals surface area contributed by atoms with Crippen LogP contribution in [0.4, 0.5) is 0 Å². The molecule has 0 fully saturated rings. The molecule has 0 amide bonds. The van der Waals surface area contributed by atoms with Gasteiger partial charge in [0.1, 0.15) is 0 Å². The summed E-state index contributed by atoms with van der Waals surface area (Å²) in [7, 11) is 0. The Morgan fingerprint density at radius 1 is 0.321 bits per heavy atom. The second-order valence-corrected chi connectivity index (χ2v) is 13.7. The molecule has 0 atom stereocenters. The predicted octanol–water partition coefficient (Wildman–Crippen LogP) is 12.7. The van der Waals surface area contributed by atoms with Crippen LogP contribution in [0.15, 0.2) is 206 Å². The molecule has 2 heteroatoms. The Bertz CT molecular complexity index is 2720. The third-order valence-corrected chi connectivity index (χ3v) is 10.7. The molecule has 8 aromatic carbocycles. The van der Waals surface area contributed by atoms with Crippen LogP contribution < -0.4 is 0 Å². The van der Waals surface area contributed by atoms with Gasteiger partial charge in [-0.3, -0.25) is 0 Å². The van der Waals surface area contributed by atoms with Crippen molar-refractivity contribution in [3.05, 3.63) is 229 Å². The Balaban J connectivity index is 1.21. The molecule has 9 aromatic rings. The fourth-order valence-corrected chi connectivity index (χ4v) is 8.39. The number of para-hydroxylation sites is 1. The summed E-state index contributed by atoms with van der Waals surface area (Å²) in [4.78, 5) is 10.5. The van der Waals surface area contributed by atoms with Crippen molar-refractivity contribution in [2.45, 2.75) is 5.41 Å². The molecule has 0 saturated carbocycles. The molecule has 10 rings (SSSR count). The maximum Gasteiger partial charge on any atom is 0.160 e. The van der Waals surface area contributed by atoms with Crippen molar-refractivity contribution in [2.75, 3.05) is 0 Å². The van der Waals surface area contributed by atoms with E-state index in [4.69, 9.17) is 9.97 Å². The molecule has 0 spiro atoms. The lowest BCUT2D eigenvalue weighted by atomic mass is 9.67. The lowest BCUT2D eigenvalue weighted by molar-refractivity contribution is 0.769. The summed E-state index contributed by atoms with van der Waals surface area (Å²) < 4.78 is 0. The highest BCUT2D eigenvalue weighted by Crippen LogP contribution is 2.56. The van der Waals surface area contributed by atoms with E-state index in [2.05, 4.69) is 194 Å². The van der Waals surface area contributed by atoms with Crippen molar-refractivity contribution in [3.8, 4) is 56.0 Å². The minimum Gasteiger partial charge on any atom is -0.228 e. The van der Waals surface area contributed by atoms with Crippen molar-refractivity contribution in [2.24, 2.45) is 0 Å². The van der Waals surface area contributed by atoms with Crippen LogP contribution in [-0.4, -0.2) is 9.97 Å². The molecular formula is C51H34N2. The summed E-state index contributed by atoms with van der Waals surface area (Å²) in [5.41, 5.74) is 15.6. The van der Waals surface area contributed by atoms with E-state index in [-0.39, 0.29) is 0 Å². The largest absolute Gasteiger partial charge is 0.228 e. The van der Waals surface area contributed by atoms with Gasteiger partial charge in [-0.1, -0.05) is 176 Å². The minimum absolute atomic E-state index is 0.476. The summed E-state index contributed by atoms with van der Waals surface area (Å²) in [6.07, 6.45) is 0. The summed E-state index contributed by atoms with van der Waals surface area (Å²) in [6, 6.07) is 74.1. The van der Waals surface area contributed by atoms with Crippen molar-refractivity contribution in [1.82, 2.24) is 9.97 Å². The molecule has 0 unspecified atom stereocenters. The molecule has 0 N–H and O–H groups in total. The topological polar surface area (TPSA) is 25.8 Å². The van der Waals surface area contributed by atoms with E-state index in [1.165, 1.54) is 33.4 Å². The monoisotopic (exact) mass is 674 g/mol. The number of benzene rings is 8. The quantitative estimate of drug-likeness (QED) is 0.175. The number of aromatic nitrogens is 2. The average Bonchev–Trinajstić information content (AvgIpc) is 3.55. The van der Waals surface area contributed by atoms with Gasteiger partial charge < -0.3 is 0 Å². The summed E-state index contributed by atoms with van der Waals surface area (Å²) >= 11 is 0. The molecule has 248 valence electrons. The van der Waals surface area contributed by atoms with E-state index in [1.807, 2.05) is 12.1 Å². The number of hydrogen-bond acceptors (Lipinski definition) is 2. The van der Waals surface area contributed by atoms with E-state index < -0.39 is 5.41 Å². The van der Waals surface area contributed by atoms with Crippen molar-refractivity contribution in [1.29, 1.82) is 0 Å². The van der Waals surface area contributed by atoms with Crippen LogP contribution in [0.3, 0.4) is 0 Å². The first-order valence-electron chi connectivity index (χ1n) is 18.2. The lowest BCUT2D eigenvalue weighted by Gasteiger charge is -2.34. The van der Waals surface area contributed by atoms with Crippen LogP contribution >= 0.6 is 0 Å². The van der Waals surface area contributed by atoms with E-state index in [0.29, 0.717) is 5.82 Å². The van der Waals surface area contributed by atoms with Gasteiger partial charge in [-0.2, -0.15) is 0 Å². The van der Waals surface area contributed by atoms with Gasteiger partial charge in [-0.25, -0.2) is 9.97 Å². The molecule has 1 heterocycles. The molecule has 1 aromatic heterocycles. The Hall–Kier alpha value is -6.90. The molecule has 0 radical (unpaired) electrons. The van der Waals surface area contributed by atoms with Crippen LogP contribution in [0.25, 0.3) is 66.9 Å². The lowest BCUT2D eigenvalue weighted by Crippen LogP contribution is -2.28. The molecule has 1 aliphatic carbocycles. The van der Waals surface area contributed by atoms with Gasteiger partial charge in [0.05, 0.1) is 16.6 Å². The van der Waals surface area contributed by atoms with Crippen molar-refractivity contribution in [3.63, 3.8) is 0 Å². The van der Waals surface area contributed by atoms with Crippen LogP contribution in [0, 0.1) is 0 Å². The van der Waals surface area contributed by atoms with Gasteiger partial charge in [-0.15, -0.1) is 0 Å². The van der Waals surface area contributed by atoms with Crippen LogP contribution in [-0.2, 0) is 5.41 Å². The second kappa shape index (κ2) is 12.7. The molecule has 0 bridgehead atoms. The first-order valence-corrected chi connectivity index (χ1v) is 18.2. The zero-order chi connectivity index (χ0) is 35.2. The first-order chi connectivity index (χ1) is 26.3. The molecule has 53 heavy (non-hydrogen) atoms. The van der Waals surface area contributed by atoms with Gasteiger partial charge >= 0.3 is 0 Å². The fraction of sp³-hybridized carbons (Fsp3) is 0.0196. The maximum atomic E-state index is 5.28. The zero-order valence-electron chi connectivity index (χ0n) is 29.0. The number of hydrogen-bond donors (Lipinski definition) is 0. The standard InChI is InChI=1S/C51H34N2/c1-4-17-35(18-5-1)38-31-39(33-40(32-38)50-52-48-30-15-12-27-45(48)49(53-50)36-19-6-2-7-20-36)37-21-16-24-42(34-37)51(41-22-8-3-9-23-41)46-28-13-10-25-43(46)44-26-11-14-29-47(44)51/h1-34H. The Morgan fingerprint density at radius 2 is 0.830 bits per heavy atom. The van der Waals surface area contributed by atoms with E-state index in [9.17, 15) is 0 Å². The predicted molar refractivity (Wildman–Crippen MR) is 219 cm³/mol. The third kappa shape index (κ3) is 5.11. The first kappa shape index (κ1) is 30.9. The average molecular weight is 675 g/mol. The Labute approximate surface area is 309 Å². The third-order valence-electron chi connectivity index (χ3n) is 10.7. The second-order valence-electron chi connectivity index (χ2n) is 13.7. The highest BCUT2D eigenvalue weighted by molar-refractivity contribution is 5.94. The van der Waals surface area contributed by atoms with E-state index in [1.54, 1.807) is 0 Å². The number of nitrogens with zero attached hydrogens (tertiary/aromatic N) is 2. The van der Waals surface area contributed by atoms with Crippen molar-refractivity contribution >= 4 is 10.9 Å². The highest BCUT2D eigenvalue weighted by atomic mass is 14.9. The Morgan fingerprint density at radius 3 is 1.53 bits per heavy atom. The van der Waals surface area contributed by atoms with Crippen molar-refractivity contribution < 1.29 is 0 Å². The van der Waals surface area contributed by atoms with Crippen LogP contribution in [0.1, 0.15) is 22.3 Å². The summed E-state index contributed by atoms with van der Waals surface area (Å²) in [5.74, 6) is 0.706.